The maximum Gasteiger partial charge on any atom is 0.233 e. The van der Waals surface area contributed by atoms with Crippen molar-refractivity contribution in [2.75, 3.05) is 0 Å². The second-order valence-corrected chi connectivity index (χ2v) is 5.42. The van der Waals surface area contributed by atoms with Crippen molar-refractivity contribution in [2.24, 2.45) is 0 Å². The number of hydrogen-bond donors (Lipinski definition) is 0. The van der Waals surface area contributed by atoms with Crippen LogP contribution in [0.25, 0.3) is 21.9 Å². The zero-order valence-electron chi connectivity index (χ0n) is 12.1. The molecular weight excluding hydrogens is 280 g/mol. The van der Waals surface area contributed by atoms with Crippen LogP contribution < -0.4 is 10.9 Å². The maximum atomic E-state index is 12.6. The highest BCUT2D eigenvalue weighted by molar-refractivity contribution is 5.82. The van der Waals surface area contributed by atoms with Gasteiger partial charge in [-0.1, -0.05) is 36.4 Å². The molecule has 4 nitrogen and oxygen atoms in total. The second kappa shape index (κ2) is 4.31. The van der Waals surface area contributed by atoms with Crippen molar-refractivity contribution in [1.29, 1.82) is 0 Å². The van der Waals surface area contributed by atoms with Crippen LogP contribution in [-0.2, 0) is 0 Å². The van der Waals surface area contributed by atoms with Crippen molar-refractivity contribution in [2.45, 2.75) is 13.8 Å². The summed E-state index contributed by atoms with van der Waals surface area (Å²) in [5.41, 5.74) is 2.01. The van der Waals surface area contributed by atoms with E-state index in [4.69, 9.17) is 8.83 Å². The predicted molar refractivity (Wildman–Crippen MR) is 83.3 cm³/mol. The summed E-state index contributed by atoms with van der Waals surface area (Å²) in [4.78, 5) is 25.2. The molecule has 4 heteroatoms. The minimum Gasteiger partial charge on any atom is -0.445 e. The Balaban J connectivity index is 2.44. The topological polar surface area (TPSA) is 60.4 Å². The van der Waals surface area contributed by atoms with Crippen LogP contribution in [0.15, 0.2) is 54.8 Å². The molecule has 2 aliphatic rings. The van der Waals surface area contributed by atoms with Gasteiger partial charge in [-0.15, -0.1) is 0 Å². The van der Waals surface area contributed by atoms with Gasteiger partial charge in [0.1, 0.15) is 0 Å². The van der Waals surface area contributed by atoms with Crippen LogP contribution in [0.5, 0.6) is 0 Å². The Hall–Kier alpha value is -2.88. The van der Waals surface area contributed by atoms with Crippen LogP contribution in [-0.4, -0.2) is 0 Å². The van der Waals surface area contributed by atoms with E-state index in [-0.39, 0.29) is 21.7 Å². The third-order valence-electron chi connectivity index (χ3n) is 3.95. The van der Waals surface area contributed by atoms with Crippen LogP contribution in [0.1, 0.15) is 11.1 Å². The van der Waals surface area contributed by atoms with Crippen LogP contribution in [0, 0.1) is 24.7 Å². The molecule has 2 aromatic carbocycles. The summed E-state index contributed by atoms with van der Waals surface area (Å²) in [5.74, 6) is 0. The fraction of sp³-hybridized carbons (Fsp3) is 0.111. The number of rotatable bonds is 0. The zero-order valence-corrected chi connectivity index (χ0v) is 12.1. The van der Waals surface area contributed by atoms with E-state index < -0.39 is 0 Å². The minimum absolute atomic E-state index is 0.0232. The van der Waals surface area contributed by atoms with Crippen molar-refractivity contribution in [3.05, 3.63) is 78.8 Å². The molecule has 0 amide bonds. The molecule has 22 heavy (non-hydrogen) atoms. The molecule has 2 aromatic rings. The molecule has 0 unspecified atom stereocenters. The highest BCUT2D eigenvalue weighted by Gasteiger charge is 2.14. The first kappa shape index (κ1) is 12.8. The van der Waals surface area contributed by atoms with Gasteiger partial charge < -0.3 is 8.83 Å². The summed E-state index contributed by atoms with van der Waals surface area (Å²) in [6.07, 6.45) is 0. The molecule has 0 saturated heterocycles. The van der Waals surface area contributed by atoms with E-state index in [0.717, 1.165) is 11.1 Å². The van der Waals surface area contributed by atoms with E-state index in [1.54, 1.807) is 24.3 Å². The number of aryl methyl sites for hydroxylation is 2. The Morgan fingerprint density at radius 3 is 1.50 bits per heavy atom. The predicted octanol–water partition coefficient (Wildman–Crippen LogP) is 3.24. The lowest BCUT2D eigenvalue weighted by Crippen LogP contribution is -2.15. The van der Waals surface area contributed by atoms with Gasteiger partial charge in [0.25, 0.3) is 0 Å². The van der Waals surface area contributed by atoms with Crippen molar-refractivity contribution < 1.29 is 8.83 Å². The van der Waals surface area contributed by atoms with Crippen molar-refractivity contribution >= 4 is 21.9 Å². The van der Waals surface area contributed by atoms with E-state index in [2.05, 4.69) is 0 Å². The lowest BCUT2D eigenvalue weighted by Gasteiger charge is -2.04. The zero-order chi connectivity index (χ0) is 15.4. The van der Waals surface area contributed by atoms with E-state index in [9.17, 15) is 9.59 Å². The summed E-state index contributed by atoms with van der Waals surface area (Å²) >= 11 is 0. The molecule has 0 N–H and O–H groups in total. The van der Waals surface area contributed by atoms with E-state index in [1.807, 2.05) is 26.0 Å². The first-order valence-electron chi connectivity index (χ1n) is 6.96. The van der Waals surface area contributed by atoms with Crippen LogP contribution in [0.4, 0.5) is 0 Å². The third kappa shape index (κ3) is 1.58. The van der Waals surface area contributed by atoms with E-state index >= 15 is 0 Å². The fourth-order valence-corrected chi connectivity index (χ4v) is 2.73. The minimum atomic E-state index is -0.322. The standard InChI is InChI=1S/C18H12O4/c1-9-7-8-10(2)16-15(9)21-17-13(19)11-5-3-4-6-12(11)14(20)18(17)22-16/h3-8H,1-2H3. The van der Waals surface area contributed by atoms with Crippen molar-refractivity contribution in [1.82, 2.24) is 0 Å². The maximum absolute atomic E-state index is 12.6. The average Bonchev–Trinajstić information content (AvgIpc) is 2.55. The third-order valence-corrected chi connectivity index (χ3v) is 3.95. The average molecular weight is 292 g/mol. The first-order chi connectivity index (χ1) is 10.6. The Morgan fingerprint density at radius 1 is 0.682 bits per heavy atom. The lowest BCUT2D eigenvalue weighted by molar-refractivity contribution is 0.464. The van der Waals surface area contributed by atoms with Crippen LogP contribution >= 0.6 is 0 Å². The normalized spacial score (nSPS) is 11.5. The van der Waals surface area contributed by atoms with Gasteiger partial charge in [0, 0.05) is 10.8 Å². The monoisotopic (exact) mass is 292 g/mol. The summed E-state index contributed by atoms with van der Waals surface area (Å²) in [5, 5.41) is 0.701. The van der Waals surface area contributed by atoms with Gasteiger partial charge in [-0.3, -0.25) is 9.59 Å². The highest BCUT2D eigenvalue weighted by atomic mass is 16.4. The summed E-state index contributed by atoms with van der Waals surface area (Å²) in [6, 6.07) is 10.5. The molecule has 1 heterocycles. The molecule has 0 radical (unpaired) electrons. The number of fused-ring (bicyclic) bond motifs is 2. The quantitative estimate of drug-likeness (QED) is 0.499. The van der Waals surface area contributed by atoms with Crippen molar-refractivity contribution in [3.8, 4) is 0 Å². The van der Waals surface area contributed by atoms with Gasteiger partial charge in [0.05, 0.1) is 0 Å². The molecule has 0 atom stereocenters. The molecule has 0 bridgehead atoms. The molecule has 0 aromatic heterocycles. The van der Waals surface area contributed by atoms with Gasteiger partial charge in [0.2, 0.25) is 21.7 Å². The van der Waals surface area contributed by atoms with E-state index in [1.165, 1.54) is 0 Å². The van der Waals surface area contributed by atoms with Gasteiger partial charge in [0.15, 0.2) is 11.2 Å². The van der Waals surface area contributed by atoms with Crippen LogP contribution in [0.2, 0.25) is 0 Å². The lowest BCUT2D eigenvalue weighted by atomic mass is 10.1. The van der Waals surface area contributed by atoms with Crippen LogP contribution in [0.3, 0.4) is 0 Å². The Labute approximate surface area is 124 Å². The molecular formula is C18H12O4. The molecule has 1 aliphatic carbocycles. The van der Waals surface area contributed by atoms with Gasteiger partial charge in [-0.2, -0.15) is 0 Å². The summed E-state index contributed by atoms with van der Waals surface area (Å²) in [6.45, 7) is 3.74. The summed E-state index contributed by atoms with van der Waals surface area (Å²) in [7, 11) is 0. The first-order valence-corrected chi connectivity index (χ1v) is 6.96. The number of hydrogen-bond acceptors (Lipinski definition) is 4. The van der Waals surface area contributed by atoms with Gasteiger partial charge >= 0.3 is 0 Å². The smallest absolute Gasteiger partial charge is 0.233 e. The summed E-state index contributed by atoms with van der Waals surface area (Å²) < 4.78 is 11.5. The van der Waals surface area contributed by atoms with Crippen molar-refractivity contribution in [3.63, 3.8) is 0 Å². The highest BCUT2D eigenvalue weighted by Crippen LogP contribution is 2.22. The molecule has 0 saturated carbocycles. The van der Waals surface area contributed by atoms with Gasteiger partial charge in [-0.25, -0.2) is 0 Å². The Kier molecular flexibility index (Phi) is 2.51. The second-order valence-electron chi connectivity index (χ2n) is 5.42. The van der Waals surface area contributed by atoms with Gasteiger partial charge in [-0.05, 0) is 25.0 Å². The number of benzene rings is 2. The molecule has 108 valence electrons. The van der Waals surface area contributed by atoms with E-state index in [0.29, 0.717) is 21.9 Å². The largest absolute Gasteiger partial charge is 0.445 e. The molecule has 4 rings (SSSR count). The molecule has 0 spiro atoms. The fourth-order valence-electron chi connectivity index (χ4n) is 2.73. The molecule has 0 fully saturated rings. The molecule has 1 aliphatic heterocycles. The Bertz CT molecular complexity index is 1130. The SMILES string of the molecule is Cc1ccc(C)c2oc3c(=O)c4ccccc4c(=O)c=3oc12. The Morgan fingerprint density at radius 2 is 1.09 bits per heavy atom.